The van der Waals surface area contributed by atoms with Gasteiger partial charge in [-0.15, -0.1) is 0 Å². The van der Waals surface area contributed by atoms with Gasteiger partial charge in [0.05, 0.1) is 7.11 Å². The predicted molar refractivity (Wildman–Crippen MR) is 87.5 cm³/mol. The van der Waals surface area contributed by atoms with Crippen molar-refractivity contribution in [3.05, 3.63) is 29.7 Å². The molecule has 0 spiro atoms. The van der Waals surface area contributed by atoms with Crippen LogP contribution in [0.25, 0.3) is 5.65 Å². The Morgan fingerprint density at radius 1 is 1.39 bits per heavy atom. The summed E-state index contributed by atoms with van der Waals surface area (Å²) in [5.74, 6) is 1.05. The van der Waals surface area contributed by atoms with E-state index in [9.17, 15) is 4.79 Å². The van der Waals surface area contributed by atoms with Crippen LogP contribution in [0.2, 0.25) is 0 Å². The Morgan fingerprint density at radius 3 is 2.78 bits per heavy atom. The molecule has 0 amide bonds. The van der Waals surface area contributed by atoms with Crippen molar-refractivity contribution in [2.45, 2.75) is 39.2 Å². The van der Waals surface area contributed by atoms with E-state index < -0.39 is 0 Å². The van der Waals surface area contributed by atoms with E-state index in [1.54, 1.807) is 16.6 Å². The Kier molecular flexibility index (Phi) is 4.61. The van der Waals surface area contributed by atoms with Gasteiger partial charge in [0, 0.05) is 18.7 Å². The molecular formula is C17H24N4O2. The fraction of sp³-hybridized carbons (Fsp3) is 0.588. The molecule has 0 bridgehead atoms. The third-order valence-electron chi connectivity index (χ3n) is 4.66. The van der Waals surface area contributed by atoms with E-state index in [1.165, 1.54) is 20.0 Å². The lowest BCUT2D eigenvalue weighted by Gasteiger charge is -2.34. The smallest absolute Gasteiger partial charge is 0.341 e. The number of pyridine rings is 1. The Balaban J connectivity index is 1.73. The second-order valence-corrected chi connectivity index (χ2v) is 6.49. The summed E-state index contributed by atoms with van der Waals surface area (Å²) in [6.45, 7) is 6.78. The molecule has 0 aromatic carbocycles. The quantitative estimate of drug-likeness (QED) is 0.809. The maximum atomic E-state index is 11.8. The summed E-state index contributed by atoms with van der Waals surface area (Å²) < 4.78 is 6.48. The van der Waals surface area contributed by atoms with E-state index in [1.807, 2.05) is 6.20 Å². The van der Waals surface area contributed by atoms with Crippen LogP contribution < -0.4 is 0 Å². The van der Waals surface area contributed by atoms with Crippen molar-refractivity contribution in [3.63, 3.8) is 0 Å². The molecule has 124 valence electrons. The van der Waals surface area contributed by atoms with Crippen LogP contribution in [0.5, 0.6) is 0 Å². The number of ether oxygens (including phenoxy) is 1. The molecule has 0 aliphatic carbocycles. The lowest BCUT2D eigenvalue weighted by molar-refractivity contribution is 0.0602. The minimum atomic E-state index is -0.375. The van der Waals surface area contributed by atoms with Gasteiger partial charge in [0.15, 0.2) is 11.5 Å². The third kappa shape index (κ3) is 3.37. The van der Waals surface area contributed by atoms with Crippen LogP contribution in [-0.2, 0) is 11.2 Å². The number of aromatic nitrogens is 3. The van der Waals surface area contributed by atoms with Gasteiger partial charge in [-0.1, -0.05) is 0 Å². The van der Waals surface area contributed by atoms with E-state index in [0.29, 0.717) is 23.2 Å². The van der Waals surface area contributed by atoms with E-state index in [0.717, 1.165) is 25.3 Å². The number of carbonyl (C=O) groups excluding carboxylic acids is 1. The maximum absolute atomic E-state index is 11.8. The first-order chi connectivity index (χ1) is 11.1. The monoisotopic (exact) mass is 316 g/mol. The number of likely N-dealkylation sites (tertiary alicyclic amines) is 1. The fourth-order valence-corrected chi connectivity index (χ4v) is 3.24. The summed E-state index contributed by atoms with van der Waals surface area (Å²) in [5.41, 5.74) is 1.04. The van der Waals surface area contributed by atoms with Gasteiger partial charge in [-0.3, -0.25) is 0 Å². The van der Waals surface area contributed by atoms with Crippen molar-refractivity contribution in [2.75, 3.05) is 20.2 Å². The summed E-state index contributed by atoms with van der Waals surface area (Å²) in [7, 11) is 1.38. The highest BCUT2D eigenvalue weighted by molar-refractivity contribution is 5.95. The van der Waals surface area contributed by atoms with Gasteiger partial charge >= 0.3 is 5.97 Å². The number of hydrogen-bond donors (Lipinski definition) is 0. The zero-order chi connectivity index (χ0) is 16.4. The average Bonchev–Trinajstić information content (AvgIpc) is 2.96. The van der Waals surface area contributed by atoms with E-state index in [-0.39, 0.29) is 5.97 Å². The zero-order valence-corrected chi connectivity index (χ0v) is 14.0. The molecule has 1 aliphatic rings. The molecule has 0 unspecified atom stereocenters. The molecule has 0 saturated carbocycles. The standard InChI is InChI=1S/C17H24N4O2/c1-12(2)20-9-6-13(7-10-20)11-15-18-16-14(17(22)23-3)5-4-8-21(16)19-15/h4-5,8,12-13H,6-7,9-11H2,1-3H3. The SMILES string of the molecule is COC(=O)c1cccn2nc(CC3CCN(C(C)C)CC3)nc12. The highest BCUT2D eigenvalue weighted by atomic mass is 16.5. The minimum Gasteiger partial charge on any atom is -0.465 e. The number of methoxy groups -OCH3 is 1. The second-order valence-electron chi connectivity index (χ2n) is 6.49. The molecule has 1 saturated heterocycles. The van der Waals surface area contributed by atoms with E-state index >= 15 is 0 Å². The van der Waals surface area contributed by atoms with Crippen LogP contribution in [0.4, 0.5) is 0 Å². The Hall–Kier alpha value is -1.95. The van der Waals surface area contributed by atoms with E-state index in [4.69, 9.17) is 4.74 Å². The van der Waals surface area contributed by atoms with Crippen molar-refractivity contribution in [1.82, 2.24) is 19.5 Å². The van der Waals surface area contributed by atoms with Crippen molar-refractivity contribution in [3.8, 4) is 0 Å². The normalized spacial score (nSPS) is 17.0. The van der Waals surface area contributed by atoms with Crippen molar-refractivity contribution in [2.24, 2.45) is 5.92 Å². The van der Waals surface area contributed by atoms with Crippen LogP contribution in [0.3, 0.4) is 0 Å². The second kappa shape index (κ2) is 6.66. The molecule has 23 heavy (non-hydrogen) atoms. The largest absolute Gasteiger partial charge is 0.465 e. The van der Waals surface area contributed by atoms with Crippen molar-refractivity contribution >= 4 is 11.6 Å². The number of piperidine rings is 1. The number of nitrogens with zero attached hydrogens (tertiary/aromatic N) is 4. The van der Waals surface area contributed by atoms with Gasteiger partial charge in [-0.2, -0.15) is 5.10 Å². The number of carbonyl (C=O) groups is 1. The molecule has 6 heteroatoms. The topological polar surface area (TPSA) is 59.7 Å². The van der Waals surface area contributed by atoms with Gasteiger partial charge in [-0.25, -0.2) is 14.3 Å². The van der Waals surface area contributed by atoms with Crippen molar-refractivity contribution < 1.29 is 9.53 Å². The van der Waals surface area contributed by atoms with Crippen LogP contribution in [0, 0.1) is 5.92 Å². The summed E-state index contributed by atoms with van der Waals surface area (Å²) in [4.78, 5) is 18.9. The molecule has 2 aromatic rings. The lowest BCUT2D eigenvalue weighted by Crippen LogP contribution is -2.38. The average molecular weight is 316 g/mol. The number of hydrogen-bond acceptors (Lipinski definition) is 5. The molecule has 0 N–H and O–H groups in total. The lowest BCUT2D eigenvalue weighted by atomic mass is 9.93. The summed E-state index contributed by atoms with van der Waals surface area (Å²) >= 11 is 0. The van der Waals surface area contributed by atoms with Crippen LogP contribution >= 0.6 is 0 Å². The summed E-state index contributed by atoms with van der Waals surface area (Å²) in [5, 5.41) is 4.52. The number of rotatable bonds is 4. The molecule has 0 radical (unpaired) electrons. The van der Waals surface area contributed by atoms with E-state index in [2.05, 4.69) is 28.8 Å². The van der Waals surface area contributed by atoms with Crippen molar-refractivity contribution in [1.29, 1.82) is 0 Å². The molecule has 6 nitrogen and oxygen atoms in total. The third-order valence-corrected chi connectivity index (χ3v) is 4.66. The molecule has 2 aromatic heterocycles. The van der Waals surface area contributed by atoms with Gasteiger partial charge < -0.3 is 9.64 Å². The predicted octanol–water partition coefficient (Wildman–Crippen LogP) is 2.18. The fourth-order valence-electron chi connectivity index (χ4n) is 3.24. The molecule has 0 atom stereocenters. The first-order valence-electron chi connectivity index (χ1n) is 8.25. The molecule has 1 aliphatic heterocycles. The van der Waals surface area contributed by atoms with Crippen LogP contribution in [0.15, 0.2) is 18.3 Å². The first kappa shape index (κ1) is 15.9. The zero-order valence-electron chi connectivity index (χ0n) is 14.0. The summed E-state index contributed by atoms with van der Waals surface area (Å²) in [6.07, 6.45) is 5.04. The van der Waals surface area contributed by atoms with Crippen LogP contribution in [-0.4, -0.2) is 51.7 Å². The molecule has 3 heterocycles. The maximum Gasteiger partial charge on any atom is 0.341 e. The summed E-state index contributed by atoms with van der Waals surface area (Å²) in [6, 6.07) is 4.13. The highest BCUT2D eigenvalue weighted by Gasteiger charge is 2.23. The highest BCUT2D eigenvalue weighted by Crippen LogP contribution is 2.22. The van der Waals surface area contributed by atoms with Gasteiger partial charge in [0.25, 0.3) is 0 Å². The van der Waals surface area contributed by atoms with Gasteiger partial charge in [0.2, 0.25) is 0 Å². The number of esters is 1. The Labute approximate surface area is 136 Å². The Morgan fingerprint density at radius 2 is 2.13 bits per heavy atom. The minimum absolute atomic E-state index is 0.375. The number of fused-ring (bicyclic) bond motifs is 1. The van der Waals surface area contributed by atoms with Gasteiger partial charge in [-0.05, 0) is 57.8 Å². The molecular weight excluding hydrogens is 292 g/mol. The van der Waals surface area contributed by atoms with Crippen LogP contribution in [0.1, 0.15) is 42.9 Å². The molecule has 1 fully saturated rings. The van der Waals surface area contributed by atoms with Gasteiger partial charge in [0.1, 0.15) is 5.56 Å². The molecule has 3 rings (SSSR count). The first-order valence-corrected chi connectivity index (χ1v) is 8.25. The Bertz CT molecular complexity index is 687.